The first kappa shape index (κ1) is 27.7. The van der Waals surface area contributed by atoms with Gasteiger partial charge >= 0.3 is 0 Å². The Labute approximate surface area is 192 Å². The molecule has 9 heteroatoms. The lowest BCUT2D eigenvalue weighted by molar-refractivity contribution is -0.119. The lowest BCUT2D eigenvalue weighted by Crippen LogP contribution is -2.28. The fraction of sp³-hybridized carbons (Fsp3) is 0.300. The lowest BCUT2D eigenvalue weighted by Gasteiger charge is -2.11. The molecule has 0 bridgehead atoms. The minimum absolute atomic E-state index is 0.0556. The van der Waals surface area contributed by atoms with Crippen LogP contribution < -0.4 is 11.1 Å². The first-order valence-electron chi connectivity index (χ1n) is 8.58. The number of aliphatic hydroxyl groups is 2. The molecule has 2 aromatic carbocycles. The van der Waals surface area contributed by atoms with Crippen LogP contribution in [0.3, 0.4) is 0 Å². The highest BCUT2D eigenvalue weighted by Gasteiger charge is 2.07. The minimum atomic E-state index is -0.640. The molecule has 0 heterocycles. The molecule has 29 heavy (non-hydrogen) atoms. The van der Waals surface area contributed by atoms with Crippen molar-refractivity contribution in [3.8, 4) is 0 Å². The predicted octanol–water partition coefficient (Wildman–Crippen LogP) is 3.06. The van der Waals surface area contributed by atoms with E-state index in [-0.39, 0.29) is 34.9 Å². The van der Waals surface area contributed by atoms with Gasteiger partial charge in [0.05, 0.1) is 23.4 Å². The number of alkyl halides is 2. The number of hydrogen-bond acceptors (Lipinski definition) is 5. The third-order valence-corrected chi connectivity index (χ3v) is 4.67. The van der Waals surface area contributed by atoms with E-state index in [0.717, 1.165) is 11.1 Å². The third kappa shape index (κ3) is 14.4. The second-order valence-electron chi connectivity index (χ2n) is 5.52. The summed E-state index contributed by atoms with van der Waals surface area (Å²) >= 11 is 10.6. The van der Waals surface area contributed by atoms with Gasteiger partial charge in [0.15, 0.2) is 0 Å². The molecule has 0 saturated heterocycles. The predicted molar refractivity (Wildman–Crippen MR) is 123 cm³/mol. The number of nitrogens with two attached hydrogens (primary N) is 1. The first-order chi connectivity index (χ1) is 13.8. The Hall–Kier alpha value is -1.29. The van der Waals surface area contributed by atoms with Gasteiger partial charge in [-0.1, -0.05) is 76.6 Å². The topological polar surface area (TPSA) is 113 Å². The fourth-order valence-corrected chi connectivity index (χ4v) is 2.06. The maximum atomic E-state index is 10.9. The van der Waals surface area contributed by atoms with E-state index < -0.39 is 12.2 Å². The monoisotopic (exact) mass is 550 g/mol. The average Bonchev–Trinajstić information content (AvgIpc) is 2.78. The van der Waals surface area contributed by atoms with Crippen molar-refractivity contribution in [3.05, 3.63) is 71.8 Å². The van der Waals surface area contributed by atoms with E-state index in [1.54, 1.807) is 0 Å². The normalized spacial score (nSPS) is 11.7. The van der Waals surface area contributed by atoms with Gasteiger partial charge in [-0.15, -0.1) is 11.6 Å². The summed E-state index contributed by atoms with van der Waals surface area (Å²) in [7, 11) is 0. The summed E-state index contributed by atoms with van der Waals surface area (Å²) in [5, 5.41) is 21.7. The number of nitrogens with one attached hydrogen (secondary N) is 1. The van der Waals surface area contributed by atoms with Crippen LogP contribution in [-0.2, 0) is 9.59 Å². The van der Waals surface area contributed by atoms with Crippen molar-refractivity contribution in [1.82, 2.24) is 5.32 Å². The summed E-state index contributed by atoms with van der Waals surface area (Å²) in [5.74, 6) is -0.0695. The molecule has 0 radical (unpaired) electrons. The summed E-state index contributed by atoms with van der Waals surface area (Å²) in [6, 6.07) is 18.6. The van der Waals surface area contributed by atoms with Gasteiger partial charge in [-0.05, 0) is 27.1 Å². The first-order valence-corrected chi connectivity index (χ1v) is 11.0. The zero-order chi connectivity index (χ0) is 22.1. The van der Waals surface area contributed by atoms with Crippen LogP contribution in [0.1, 0.15) is 23.3 Å². The number of amides is 1. The number of carbonyl (C=O) groups excluding carboxylic acids is 2. The molecule has 0 aliphatic rings. The molecule has 0 saturated carbocycles. The van der Waals surface area contributed by atoms with Crippen molar-refractivity contribution >= 4 is 54.1 Å². The van der Waals surface area contributed by atoms with Crippen LogP contribution in [0, 0.1) is 0 Å². The Morgan fingerprint density at radius 1 is 0.966 bits per heavy atom. The van der Waals surface area contributed by atoms with E-state index in [4.69, 9.17) is 17.3 Å². The van der Waals surface area contributed by atoms with E-state index in [9.17, 15) is 19.8 Å². The van der Waals surface area contributed by atoms with Crippen molar-refractivity contribution in [3.63, 3.8) is 0 Å². The Morgan fingerprint density at radius 2 is 1.38 bits per heavy atom. The van der Waals surface area contributed by atoms with Gasteiger partial charge < -0.3 is 21.3 Å². The van der Waals surface area contributed by atoms with Gasteiger partial charge in [0.25, 0.3) is 0 Å². The highest BCUT2D eigenvalue weighted by atomic mass is 79.9. The quantitative estimate of drug-likeness (QED) is 0.312. The average molecular weight is 553 g/mol. The molecule has 6 nitrogen and oxygen atoms in total. The summed E-state index contributed by atoms with van der Waals surface area (Å²) in [5.41, 5.74) is 6.94. The Balaban J connectivity index is 0.000000455. The number of hydrogen-bond donors (Lipinski definition) is 4. The molecule has 0 aliphatic carbocycles. The largest absolute Gasteiger partial charge is 0.387 e. The Bertz CT molecular complexity index is 693. The van der Waals surface area contributed by atoms with Crippen LogP contribution in [-0.4, -0.2) is 45.1 Å². The highest BCUT2D eigenvalue weighted by molar-refractivity contribution is 9.18. The maximum Gasteiger partial charge on any atom is 0.230 e. The number of rotatable bonds is 7. The van der Waals surface area contributed by atoms with Gasteiger partial charge in [-0.25, -0.2) is 0 Å². The van der Waals surface area contributed by atoms with Gasteiger partial charge in [-0.3, -0.25) is 9.59 Å². The maximum absolute atomic E-state index is 10.9. The molecule has 160 valence electrons. The van der Waals surface area contributed by atoms with Gasteiger partial charge in [-0.2, -0.15) is 0 Å². The Morgan fingerprint density at radius 3 is 1.72 bits per heavy atom. The number of benzene rings is 2. The molecule has 1 amide bonds. The van der Waals surface area contributed by atoms with Crippen molar-refractivity contribution in [2.24, 2.45) is 5.73 Å². The van der Waals surface area contributed by atoms with Crippen LogP contribution in [0.25, 0.3) is 0 Å². The van der Waals surface area contributed by atoms with Crippen molar-refractivity contribution < 1.29 is 19.8 Å². The molecule has 5 N–H and O–H groups in total. The van der Waals surface area contributed by atoms with Gasteiger partial charge in [0.1, 0.15) is 0 Å². The molecule has 0 aromatic heterocycles. The van der Waals surface area contributed by atoms with Gasteiger partial charge in [0.2, 0.25) is 10.6 Å². The highest BCUT2D eigenvalue weighted by Crippen LogP contribution is 2.10. The van der Waals surface area contributed by atoms with Crippen LogP contribution in [0.5, 0.6) is 0 Å². The van der Waals surface area contributed by atoms with E-state index in [1.807, 2.05) is 60.7 Å². The summed E-state index contributed by atoms with van der Waals surface area (Å²) in [6.07, 6.45) is -1.15. The summed E-state index contributed by atoms with van der Waals surface area (Å²) in [6.45, 7) is 0.526. The van der Waals surface area contributed by atoms with Crippen LogP contribution in [0.4, 0.5) is 0 Å². The molecule has 0 aliphatic heterocycles. The molecule has 2 rings (SSSR count). The minimum Gasteiger partial charge on any atom is -0.387 e. The Kier molecular flexibility index (Phi) is 16.8. The van der Waals surface area contributed by atoms with Crippen molar-refractivity contribution in [2.45, 2.75) is 12.2 Å². The van der Waals surface area contributed by atoms with Crippen LogP contribution >= 0.6 is 43.5 Å². The second-order valence-corrected chi connectivity index (χ2v) is 7.23. The summed E-state index contributed by atoms with van der Waals surface area (Å²) < 4.78 is -0.167. The number of carbonyl (C=O) groups is 2. The zero-order valence-electron chi connectivity index (χ0n) is 15.7. The molecular weight excluding hydrogens is 527 g/mol. The number of halogens is 3. The molecule has 0 spiro atoms. The second kappa shape index (κ2) is 17.6. The fourth-order valence-electron chi connectivity index (χ4n) is 1.86. The molecule has 2 atom stereocenters. The van der Waals surface area contributed by atoms with E-state index in [1.165, 1.54) is 0 Å². The van der Waals surface area contributed by atoms with Crippen LogP contribution in [0.15, 0.2) is 60.7 Å². The standard InChI is InChI=1S/C10H12BrNO2.C8H11NO.C2H2BrClO/c11-6-10(14)12-7-9(13)8-4-2-1-3-5-8;9-6-8(10)7-4-2-1-3-5-7;3-2(5)1-4/h1-5,9,13H,6-7H2,(H,12,14);1-5,8,10H,6,9H2;1H2/t9-;8-;/m11./s1. The molecule has 2 aromatic rings. The zero-order valence-corrected chi connectivity index (χ0v) is 19.6. The molecule has 0 fully saturated rings. The van der Waals surface area contributed by atoms with E-state index >= 15 is 0 Å². The molecule has 0 unspecified atom stereocenters. The third-order valence-electron chi connectivity index (χ3n) is 3.31. The van der Waals surface area contributed by atoms with Gasteiger partial charge in [0, 0.05) is 13.1 Å². The number of aliphatic hydroxyl groups excluding tert-OH is 2. The molecular formula is C20H25Br2ClN2O4. The smallest absolute Gasteiger partial charge is 0.230 e. The van der Waals surface area contributed by atoms with Crippen molar-refractivity contribution in [1.29, 1.82) is 0 Å². The summed E-state index contributed by atoms with van der Waals surface area (Å²) in [4.78, 5) is 20.5. The van der Waals surface area contributed by atoms with E-state index in [2.05, 4.69) is 37.2 Å². The lowest BCUT2D eigenvalue weighted by atomic mass is 10.1. The van der Waals surface area contributed by atoms with Crippen molar-refractivity contribution in [2.75, 3.05) is 24.3 Å². The van der Waals surface area contributed by atoms with Crippen LogP contribution in [0.2, 0.25) is 0 Å². The SMILES string of the molecule is NC[C@@H](O)c1ccccc1.O=C(Br)CCl.O=C(CBr)NC[C@@H](O)c1ccccc1. The van der Waals surface area contributed by atoms with E-state index in [0.29, 0.717) is 0 Å².